The molecule has 0 unspecified atom stereocenters. The standard InChI is InChI=1S/C9H8BrNO4S/c10-7-5-6(2-4-9(12)13)1-3-8(7)16(11,14)15/h1-5H,(H,12,13)(H2,11,14,15)/b4-2+. The van der Waals surface area contributed by atoms with Crippen LogP contribution in [0.3, 0.4) is 0 Å². The van der Waals surface area contributed by atoms with Gasteiger partial charge in [0.2, 0.25) is 10.0 Å². The van der Waals surface area contributed by atoms with Gasteiger partial charge in [-0.3, -0.25) is 0 Å². The van der Waals surface area contributed by atoms with Crippen molar-refractivity contribution in [1.82, 2.24) is 0 Å². The first-order valence-electron chi connectivity index (χ1n) is 4.04. The van der Waals surface area contributed by atoms with Gasteiger partial charge in [-0.1, -0.05) is 6.07 Å². The Hall–Kier alpha value is -1.18. The Labute approximate surface area is 101 Å². The van der Waals surface area contributed by atoms with Gasteiger partial charge in [-0.05, 0) is 39.7 Å². The normalized spacial score (nSPS) is 11.9. The molecule has 86 valence electrons. The lowest BCUT2D eigenvalue weighted by atomic mass is 10.2. The zero-order valence-corrected chi connectivity index (χ0v) is 10.3. The van der Waals surface area contributed by atoms with E-state index in [4.69, 9.17) is 10.2 Å². The molecule has 1 aromatic rings. The van der Waals surface area contributed by atoms with E-state index in [9.17, 15) is 13.2 Å². The molecule has 1 aromatic carbocycles. The zero-order chi connectivity index (χ0) is 12.3. The summed E-state index contributed by atoms with van der Waals surface area (Å²) in [6.45, 7) is 0. The molecule has 0 aliphatic rings. The Morgan fingerprint density at radius 2 is 2.06 bits per heavy atom. The van der Waals surface area contributed by atoms with Gasteiger partial charge < -0.3 is 5.11 Å². The van der Waals surface area contributed by atoms with Gasteiger partial charge >= 0.3 is 5.97 Å². The molecule has 0 radical (unpaired) electrons. The summed E-state index contributed by atoms with van der Waals surface area (Å²) in [6.07, 6.45) is 2.30. The van der Waals surface area contributed by atoms with E-state index in [1.807, 2.05) is 0 Å². The van der Waals surface area contributed by atoms with E-state index >= 15 is 0 Å². The number of carboxylic acid groups (broad SMARTS) is 1. The highest BCUT2D eigenvalue weighted by Crippen LogP contribution is 2.22. The maximum Gasteiger partial charge on any atom is 0.328 e. The number of hydrogen-bond acceptors (Lipinski definition) is 3. The predicted octanol–water partition coefficient (Wildman–Crippen LogP) is 1.19. The fourth-order valence-electron chi connectivity index (χ4n) is 1.02. The molecule has 0 atom stereocenters. The Morgan fingerprint density at radius 3 is 2.50 bits per heavy atom. The van der Waals surface area contributed by atoms with Crippen molar-refractivity contribution in [3.63, 3.8) is 0 Å². The third-order valence-corrected chi connectivity index (χ3v) is 3.57. The molecule has 7 heteroatoms. The maximum atomic E-state index is 11.1. The van der Waals surface area contributed by atoms with Crippen molar-refractivity contribution in [2.24, 2.45) is 5.14 Å². The number of nitrogens with two attached hydrogens (primary N) is 1. The summed E-state index contributed by atoms with van der Waals surface area (Å²) in [6, 6.07) is 4.24. The Balaban J connectivity index is 3.15. The molecule has 16 heavy (non-hydrogen) atoms. The van der Waals surface area contributed by atoms with Crippen LogP contribution in [0.25, 0.3) is 6.08 Å². The van der Waals surface area contributed by atoms with Gasteiger partial charge in [-0.15, -0.1) is 0 Å². The van der Waals surface area contributed by atoms with Gasteiger partial charge in [-0.25, -0.2) is 18.4 Å². The van der Waals surface area contributed by atoms with Gasteiger partial charge in [0.15, 0.2) is 0 Å². The van der Waals surface area contributed by atoms with Crippen molar-refractivity contribution in [1.29, 1.82) is 0 Å². The minimum Gasteiger partial charge on any atom is -0.478 e. The lowest BCUT2D eigenvalue weighted by Crippen LogP contribution is -2.12. The van der Waals surface area contributed by atoms with Gasteiger partial charge in [0.25, 0.3) is 0 Å². The molecule has 0 spiro atoms. The first-order chi connectivity index (χ1) is 7.30. The molecular weight excluding hydrogens is 298 g/mol. The molecule has 0 saturated heterocycles. The van der Waals surface area contributed by atoms with E-state index in [2.05, 4.69) is 15.9 Å². The summed E-state index contributed by atoms with van der Waals surface area (Å²) in [5, 5.41) is 13.4. The van der Waals surface area contributed by atoms with Crippen LogP contribution >= 0.6 is 15.9 Å². The van der Waals surface area contributed by atoms with Crippen molar-refractivity contribution in [3.8, 4) is 0 Å². The third-order valence-electron chi connectivity index (χ3n) is 1.68. The second kappa shape index (κ2) is 4.77. The lowest BCUT2D eigenvalue weighted by molar-refractivity contribution is -0.131. The van der Waals surface area contributed by atoms with Crippen LogP contribution in [0.1, 0.15) is 5.56 Å². The molecule has 0 aliphatic heterocycles. The number of primary sulfonamides is 1. The van der Waals surface area contributed by atoms with E-state index in [0.29, 0.717) is 10.0 Å². The van der Waals surface area contributed by atoms with E-state index in [-0.39, 0.29) is 4.90 Å². The number of sulfonamides is 1. The highest BCUT2D eigenvalue weighted by atomic mass is 79.9. The monoisotopic (exact) mass is 305 g/mol. The summed E-state index contributed by atoms with van der Waals surface area (Å²) in [7, 11) is -3.77. The predicted molar refractivity (Wildman–Crippen MR) is 62.2 cm³/mol. The smallest absolute Gasteiger partial charge is 0.328 e. The fraction of sp³-hybridized carbons (Fsp3) is 0. The minimum absolute atomic E-state index is 0.0417. The SMILES string of the molecule is NS(=O)(=O)c1ccc(/C=C/C(=O)O)cc1Br. The number of halogens is 1. The number of carbonyl (C=O) groups is 1. The van der Waals surface area contributed by atoms with Crippen LogP contribution in [-0.4, -0.2) is 19.5 Å². The molecular formula is C9H8BrNO4S. The molecule has 0 aliphatic carbocycles. The average molecular weight is 306 g/mol. The third kappa shape index (κ3) is 3.44. The number of carboxylic acids is 1. The number of hydrogen-bond donors (Lipinski definition) is 2. The highest BCUT2D eigenvalue weighted by molar-refractivity contribution is 9.10. The molecule has 3 N–H and O–H groups in total. The highest BCUT2D eigenvalue weighted by Gasteiger charge is 2.11. The Morgan fingerprint density at radius 1 is 1.44 bits per heavy atom. The molecule has 0 fully saturated rings. The van der Waals surface area contributed by atoms with Crippen LogP contribution in [-0.2, 0) is 14.8 Å². The molecule has 5 nitrogen and oxygen atoms in total. The summed E-state index contributed by atoms with van der Waals surface area (Å²) in [5.74, 6) is -1.08. The van der Waals surface area contributed by atoms with E-state index in [0.717, 1.165) is 6.08 Å². The van der Waals surface area contributed by atoms with Crippen molar-refractivity contribution < 1.29 is 18.3 Å². The maximum absolute atomic E-state index is 11.1. The largest absolute Gasteiger partial charge is 0.478 e. The second-order valence-corrected chi connectivity index (χ2v) is 5.29. The Kier molecular flexibility index (Phi) is 3.84. The molecule has 0 heterocycles. The molecule has 0 amide bonds. The number of rotatable bonds is 3. The van der Waals surface area contributed by atoms with Crippen LogP contribution in [0.15, 0.2) is 33.6 Å². The van der Waals surface area contributed by atoms with Crippen molar-refractivity contribution in [2.45, 2.75) is 4.90 Å². The molecule has 1 rings (SSSR count). The average Bonchev–Trinajstić information content (AvgIpc) is 2.12. The topological polar surface area (TPSA) is 97.5 Å². The molecule has 0 saturated carbocycles. The fourth-order valence-corrected chi connectivity index (χ4v) is 2.68. The van der Waals surface area contributed by atoms with Crippen LogP contribution in [0.4, 0.5) is 0 Å². The van der Waals surface area contributed by atoms with Crippen LogP contribution in [0.2, 0.25) is 0 Å². The van der Waals surface area contributed by atoms with E-state index in [1.54, 1.807) is 0 Å². The lowest BCUT2D eigenvalue weighted by Gasteiger charge is -2.02. The van der Waals surface area contributed by atoms with Crippen LogP contribution in [0, 0.1) is 0 Å². The number of benzene rings is 1. The van der Waals surface area contributed by atoms with Crippen molar-refractivity contribution >= 4 is 38.0 Å². The zero-order valence-electron chi connectivity index (χ0n) is 7.92. The quantitative estimate of drug-likeness (QED) is 0.820. The van der Waals surface area contributed by atoms with Crippen LogP contribution < -0.4 is 5.14 Å². The first kappa shape index (κ1) is 12.9. The van der Waals surface area contributed by atoms with Crippen molar-refractivity contribution in [3.05, 3.63) is 34.3 Å². The summed E-state index contributed by atoms with van der Waals surface area (Å²) >= 11 is 3.05. The number of aliphatic carboxylic acids is 1. The van der Waals surface area contributed by atoms with Gasteiger partial charge in [-0.2, -0.15) is 0 Å². The molecule has 0 aromatic heterocycles. The summed E-state index contributed by atoms with van der Waals surface area (Å²) in [5.41, 5.74) is 0.557. The summed E-state index contributed by atoms with van der Waals surface area (Å²) in [4.78, 5) is 10.2. The minimum atomic E-state index is -3.77. The van der Waals surface area contributed by atoms with Crippen molar-refractivity contribution in [2.75, 3.05) is 0 Å². The van der Waals surface area contributed by atoms with Gasteiger partial charge in [0, 0.05) is 10.5 Å². The van der Waals surface area contributed by atoms with Gasteiger partial charge in [0.05, 0.1) is 4.90 Å². The summed E-state index contributed by atoms with van der Waals surface area (Å²) < 4.78 is 22.4. The Bertz CT molecular complexity index is 551. The van der Waals surface area contributed by atoms with E-state index < -0.39 is 16.0 Å². The molecule has 0 bridgehead atoms. The van der Waals surface area contributed by atoms with Crippen LogP contribution in [0.5, 0.6) is 0 Å². The second-order valence-electron chi connectivity index (χ2n) is 2.91. The van der Waals surface area contributed by atoms with Gasteiger partial charge in [0.1, 0.15) is 0 Å². The van der Waals surface area contributed by atoms with E-state index in [1.165, 1.54) is 24.3 Å². The first-order valence-corrected chi connectivity index (χ1v) is 6.38.